The van der Waals surface area contributed by atoms with E-state index in [0.29, 0.717) is 24.5 Å². The Balaban J connectivity index is 0.00000280. The van der Waals surface area contributed by atoms with Gasteiger partial charge < -0.3 is 10.6 Å². The highest BCUT2D eigenvalue weighted by Gasteiger charge is 2.31. The fourth-order valence-electron chi connectivity index (χ4n) is 3.44. The first-order valence-corrected chi connectivity index (χ1v) is 9.94. The van der Waals surface area contributed by atoms with Gasteiger partial charge >= 0.3 is 0 Å². The molecule has 1 fully saturated rings. The molecular formula is C21H33IN6. The van der Waals surface area contributed by atoms with Crippen LogP contribution in [0.5, 0.6) is 0 Å². The number of rotatable bonds is 6. The number of benzene rings is 1. The maximum atomic E-state index is 4.78. The third kappa shape index (κ3) is 5.94. The molecule has 2 atom stereocenters. The van der Waals surface area contributed by atoms with Crippen LogP contribution in [0.25, 0.3) is 5.69 Å². The van der Waals surface area contributed by atoms with Gasteiger partial charge in [0.15, 0.2) is 5.96 Å². The average molecular weight is 496 g/mol. The van der Waals surface area contributed by atoms with Crippen LogP contribution in [0.1, 0.15) is 33.3 Å². The normalized spacial score (nSPS) is 20.2. The predicted molar refractivity (Wildman–Crippen MR) is 127 cm³/mol. The lowest BCUT2D eigenvalue weighted by molar-refractivity contribution is 0.265. The molecule has 3 rings (SSSR count). The Kier molecular flexibility index (Phi) is 8.75. The van der Waals surface area contributed by atoms with E-state index in [1.54, 1.807) is 0 Å². The van der Waals surface area contributed by atoms with E-state index in [1.165, 1.54) is 0 Å². The molecule has 1 aromatic heterocycles. The number of likely N-dealkylation sites (tertiary alicyclic amines) is 1. The number of hydrogen-bond donors (Lipinski definition) is 2. The summed E-state index contributed by atoms with van der Waals surface area (Å²) in [5.74, 6) is 1.49. The molecule has 2 aromatic rings. The van der Waals surface area contributed by atoms with Gasteiger partial charge in [-0.05, 0) is 38.8 Å². The van der Waals surface area contributed by atoms with Crippen LogP contribution in [0.2, 0.25) is 0 Å². The molecule has 154 valence electrons. The Morgan fingerprint density at radius 2 is 2.00 bits per heavy atom. The molecule has 7 heteroatoms. The zero-order chi connectivity index (χ0) is 19.2. The van der Waals surface area contributed by atoms with Gasteiger partial charge in [0.2, 0.25) is 0 Å². The zero-order valence-corrected chi connectivity index (χ0v) is 19.6. The maximum absolute atomic E-state index is 4.78. The lowest BCUT2D eigenvalue weighted by Crippen LogP contribution is -2.46. The molecule has 0 spiro atoms. The van der Waals surface area contributed by atoms with E-state index in [4.69, 9.17) is 4.99 Å². The van der Waals surface area contributed by atoms with Gasteiger partial charge in [0.1, 0.15) is 0 Å². The summed E-state index contributed by atoms with van der Waals surface area (Å²) >= 11 is 0. The van der Waals surface area contributed by atoms with Crippen LogP contribution in [-0.4, -0.2) is 52.4 Å². The van der Waals surface area contributed by atoms with Gasteiger partial charge in [-0.25, -0.2) is 9.67 Å². The smallest absolute Gasteiger partial charge is 0.191 e. The van der Waals surface area contributed by atoms with Crippen molar-refractivity contribution in [1.82, 2.24) is 25.3 Å². The number of para-hydroxylation sites is 1. The van der Waals surface area contributed by atoms with Crippen molar-refractivity contribution in [3.63, 3.8) is 0 Å². The van der Waals surface area contributed by atoms with Crippen LogP contribution in [0.15, 0.2) is 47.7 Å². The number of nitrogens with one attached hydrogen (secondary N) is 2. The number of halogens is 1. The molecule has 1 aliphatic rings. The Morgan fingerprint density at radius 1 is 1.25 bits per heavy atom. The van der Waals surface area contributed by atoms with Crippen molar-refractivity contribution in [3.05, 3.63) is 48.3 Å². The molecule has 0 bridgehead atoms. The van der Waals surface area contributed by atoms with Crippen molar-refractivity contribution >= 4 is 29.9 Å². The fourth-order valence-corrected chi connectivity index (χ4v) is 3.44. The quantitative estimate of drug-likeness (QED) is 0.366. The molecule has 0 aliphatic carbocycles. The summed E-state index contributed by atoms with van der Waals surface area (Å²) in [7, 11) is 0. The van der Waals surface area contributed by atoms with E-state index < -0.39 is 0 Å². The van der Waals surface area contributed by atoms with Gasteiger partial charge in [0.05, 0.1) is 18.4 Å². The lowest BCUT2D eigenvalue weighted by Gasteiger charge is -2.21. The van der Waals surface area contributed by atoms with Crippen molar-refractivity contribution in [3.8, 4) is 5.69 Å². The molecule has 0 amide bonds. The first-order valence-electron chi connectivity index (χ1n) is 9.94. The number of guanidine groups is 1. The molecule has 2 N–H and O–H groups in total. The van der Waals surface area contributed by atoms with E-state index in [2.05, 4.69) is 48.3 Å². The van der Waals surface area contributed by atoms with Gasteiger partial charge in [-0.1, -0.05) is 25.1 Å². The second-order valence-electron chi connectivity index (χ2n) is 7.60. The molecule has 0 radical (unpaired) electrons. The van der Waals surface area contributed by atoms with Gasteiger partial charge in [-0.2, -0.15) is 5.10 Å². The summed E-state index contributed by atoms with van der Waals surface area (Å²) in [6, 6.07) is 11.2. The molecular weight excluding hydrogens is 463 g/mol. The van der Waals surface area contributed by atoms with Crippen LogP contribution >= 0.6 is 24.0 Å². The Hall–Kier alpha value is -1.61. The second-order valence-corrected chi connectivity index (χ2v) is 7.60. The van der Waals surface area contributed by atoms with E-state index in [1.807, 2.05) is 47.4 Å². The highest BCUT2D eigenvalue weighted by Crippen LogP contribution is 2.18. The van der Waals surface area contributed by atoms with E-state index in [0.717, 1.165) is 36.8 Å². The molecule has 6 nitrogen and oxygen atoms in total. The number of nitrogens with zero attached hydrogens (tertiary/aromatic N) is 4. The number of aromatic nitrogens is 2. The lowest BCUT2D eigenvalue weighted by atomic mass is 10.1. The highest BCUT2D eigenvalue weighted by molar-refractivity contribution is 14.0. The molecule has 2 heterocycles. The van der Waals surface area contributed by atoms with Crippen LogP contribution in [0.4, 0.5) is 0 Å². The van der Waals surface area contributed by atoms with Crippen LogP contribution in [0, 0.1) is 5.92 Å². The van der Waals surface area contributed by atoms with Crippen LogP contribution in [-0.2, 0) is 6.54 Å². The van der Waals surface area contributed by atoms with Gasteiger partial charge in [-0.15, -0.1) is 24.0 Å². The van der Waals surface area contributed by atoms with Gasteiger partial charge in [-0.3, -0.25) is 4.90 Å². The van der Waals surface area contributed by atoms with Gasteiger partial charge in [0, 0.05) is 43.5 Å². The predicted octanol–water partition coefficient (Wildman–Crippen LogP) is 3.27. The largest absolute Gasteiger partial charge is 0.357 e. The minimum Gasteiger partial charge on any atom is -0.357 e. The SMILES string of the molecule is CCNC(=NCc1cnn(-c2ccccc2)c1)NC1CN(C(C)C)CC1C.I. The Bertz CT molecular complexity index is 742. The van der Waals surface area contributed by atoms with Crippen molar-refractivity contribution in [2.75, 3.05) is 19.6 Å². The second kappa shape index (κ2) is 10.8. The topological polar surface area (TPSA) is 57.5 Å². The van der Waals surface area contributed by atoms with Crippen LogP contribution < -0.4 is 10.6 Å². The van der Waals surface area contributed by atoms with Crippen LogP contribution in [0.3, 0.4) is 0 Å². The maximum Gasteiger partial charge on any atom is 0.191 e. The van der Waals surface area contributed by atoms with Crippen molar-refractivity contribution in [2.24, 2.45) is 10.9 Å². The highest BCUT2D eigenvalue weighted by atomic mass is 127. The Labute approximate surface area is 185 Å². The number of aliphatic imine (C=N–C) groups is 1. The summed E-state index contributed by atoms with van der Waals surface area (Å²) in [4.78, 5) is 7.30. The van der Waals surface area contributed by atoms with E-state index >= 15 is 0 Å². The summed E-state index contributed by atoms with van der Waals surface area (Å²) in [6.45, 7) is 12.6. The molecule has 0 saturated carbocycles. The summed E-state index contributed by atoms with van der Waals surface area (Å²) in [6.07, 6.45) is 3.93. The third-order valence-electron chi connectivity index (χ3n) is 5.11. The third-order valence-corrected chi connectivity index (χ3v) is 5.11. The molecule has 28 heavy (non-hydrogen) atoms. The van der Waals surface area contributed by atoms with Gasteiger partial charge in [0.25, 0.3) is 0 Å². The van der Waals surface area contributed by atoms with Crippen molar-refractivity contribution in [2.45, 2.75) is 46.3 Å². The standard InChI is InChI=1S/C21H32N6.HI/c1-5-22-21(25-20-15-26(16(2)3)13-17(20)4)23-11-18-12-24-27(14-18)19-9-7-6-8-10-19;/h6-10,12,14,16-17,20H,5,11,13,15H2,1-4H3,(H2,22,23,25);1H. The minimum absolute atomic E-state index is 0. The first kappa shape index (κ1) is 22.7. The Morgan fingerprint density at radius 3 is 2.64 bits per heavy atom. The average Bonchev–Trinajstić information content (AvgIpc) is 3.28. The monoisotopic (exact) mass is 496 g/mol. The molecule has 1 aromatic carbocycles. The number of hydrogen-bond acceptors (Lipinski definition) is 3. The molecule has 1 saturated heterocycles. The fraction of sp³-hybridized carbons (Fsp3) is 0.524. The minimum atomic E-state index is 0. The van der Waals surface area contributed by atoms with Crippen molar-refractivity contribution in [1.29, 1.82) is 0 Å². The molecule has 1 aliphatic heterocycles. The zero-order valence-electron chi connectivity index (χ0n) is 17.3. The van der Waals surface area contributed by atoms with E-state index in [9.17, 15) is 0 Å². The first-order chi connectivity index (χ1) is 13.1. The summed E-state index contributed by atoms with van der Waals surface area (Å²) in [5.41, 5.74) is 2.16. The van der Waals surface area contributed by atoms with Crippen molar-refractivity contribution < 1.29 is 0 Å². The van der Waals surface area contributed by atoms with E-state index in [-0.39, 0.29) is 24.0 Å². The summed E-state index contributed by atoms with van der Waals surface area (Å²) in [5, 5.41) is 11.5. The summed E-state index contributed by atoms with van der Waals surface area (Å²) < 4.78 is 1.89. The molecule has 2 unspecified atom stereocenters.